The number of rotatable bonds is 5. The maximum absolute atomic E-state index is 12.9. The van der Waals surface area contributed by atoms with Crippen molar-refractivity contribution in [3.63, 3.8) is 0 Å². The summed E-state index contributed by atoms with van der Waals surface area (Å²) in [6.07, 6.45) is 9.88. The van der Waals surface area contributed by atoms with E-state index in [1.165, 1.54) is 16.8 Å². The van der Waals surface area contributed by atoms with Crippen LogP contribution in [0.4, 0.5) is 0 Å². The van der Waals surface area contributed by atoms with Crippen LogP contribution in [0.5, 0.6) is 0 Å². The highest BCUT2D eigenvalue weighted by atomic mass is 16.5. The zero-order valence-corrected chi connectivity index (χ0v) is 17.0. The Bertz CT molecular complexity index is 700. The molecule has 0 saturated carbocycles. The van der Waals surface area contributed by atoms with Crippen LogP contribution in [-0.4, -0.2) is 64.8 Å². The van der Waals surface area contributed by atoms with Crippen molar-refractivity contribution in [1.29, 1.82) is 0 Å². The average molecular weight is 373 g/mol. The van der Waals surface area contributed by atoms with Gasteiger partial charge in [-0.1, -0.05) is 13.0 Å². The van der Waals surface area contributed by atoms with Gasteiger partial charge in [0, 0.05) is 38.6 Å². The Morgan fingerprint density at radius 1 is 1.37 bits per heavy atom. The third-order valence-corrected chi connectivity index (χ3v) is 6.05. The largest absolute Gasteiger partial charge is 0.381 e. The summed E-state index contributed by atoms with van der Waals surface area (Å²) in [6.45, 7) is 9.30. The first-order valence-corrected chi connectivity index (χ1v) is 10.0. The highest BCUT2D eigenvalue weighted by Gasteiger charge is 2.33. The van der Waals surface area contributed by atoms with E-state index in [9.17, 15) is 4.79 Å². The van der Waals surface area contributed by atoms with Crippen LogP contribution in [0, 0.1) is 0 Å². The van der Waals surface area contributed by atoms with E-state index in [0.717, 1.165) is 45.3 Å². The highest BCUT2D eigenvalue weighted by molar-refractivity contribution is 5.94. The van der Waals surface area contributed by atoms with Crippen LogP contribution in [0.3, 0.4) is 0 Å². The molecule has 1 amide bonds. The lowest BCUT2D eigenvalue weighted by molar-refractivity contribution is 0.0501. The molecule has 0 spiro atoms. The predicted molar refractivity (Wildman–Crippen MR) is 106 cm³/mol. The molecule has 1 aromatic rings. The molecule has 27 heavy (non-hydrogen) atoms. The number of hydrogen-bond donors (Lipinski definition) is 1. The first-order chi connectivity index (χ1) is 13.1. The van der Waals surface area contributed by atoms with Gasteiger partial charge in [0.05, 0.1) is 23.9 Å². The molecule has 6 heteroatoms. The Balaban J connectivity index is 1.81. The highest BCUT2D eigenvalue weighted by Crippen LogP contribution is 2.34. The second-order valence-electron chi connectivity index (χ2n) is 7.42. The van der Waals surface area contributed by atoms with Crippen LogP contribution in [0.1, 0.15) is 56.8 Å². The lowest BCUT2D eigenvalue weighted by Crippen LogP contribution is -2.45. The fourth-order valence-corrected chi connectivity index (χ4v) is 4.53. The van der Waals surface area contributed by atoms with E-state index in [4.69, 9.17) is 4.74 Å². The van der Waals surface area contributed by atoms with Gasteiger partial charge < -0.3 is 14.5 Å². The minimum atomic E-state index is 0.0666. The van der Waals surface area contributed by atoms with Gasteiger partial charge in [0.2, 0.25) is 0 Å². The van der Waals surface area contributed by atoms with Crippen LogP contribution in [0.2, 0.25) is 0 Å². The standard InChI is InChI=1S/C21H32N4O2/c1-5-19-15(3)18(9-12-25(19)21(26)16-13-22-23-14-16)20(6-2)24-10-7-17(27-4)8-11-24/h6,13-14,17,19H,5,7-12H2,1-4H3,(H,22,23). The summed E-state index contributed by atoms with van der Waals surface area (Å²) in [7, 11) is 1.81. The molecule has 3 heterocycles. The number of hydrogen-bond acceptors (Lipinski definition) is 4. The summed E-state index contributed by atoms with van der Waals surface area (Å²) in [6, 6.07) is 0.141. The fraction of sp³-hybridized carbons (Fsp3) is 0.619. The van der Waals surface area contributed by atoms with Crippen molar-refractivity contribution in [2.75, 3.05) is 26.7 Å². The van der Waals surface area contributed by atoms with Crippen molar-refractivity contribution in [2.24, 2.45) is 0 Å². The molecule has 6 nitrogen and oxygen atoms in total. The van der Waals surface area contributed by atoms with Gasteiger partial charge >= 0.3 is 0 Å². The number of methoxy groups -OCH3 is 1. The molecule has 1 atom stereocenters. The van der Waals surface area contributed by atoms with E-state index in [1.54, 1.807) is 12.4 Å². The second kappa shape index (κ2) is 8.74. The molecular formula is C21H32N4O2. The first-order valence-electron chi connectivity index (χ1n) is 10.0. The van der Waals surface area contributed by atoms with Crippen molar-refractivity contribution >= 4 is 5.91 Å². The van der Waals surface area contributed by atoms with E-state index in [0.29, 0.717) is 11.7 Å². The number of aromatic amines is 1. The molecule has 2 aliphatic rings. The quantitative estimate of drug-likeness (QED) is 0.861. The molecule has 1 saturated heterocycles. The monoisotopic (exact) mass is 372 g/mol. The van der Waals surface area contributed by atoms with Crippen molar-refractivity contribution in [1.82, 2.24) is 20.0 Å². The second-order valence-corrected chi connectivity index (χ2v) is 7.42. The number of piperidine rings is 1. The summed E-state index contributed by atoms with van der Waals surface area (Å²) >= 11 is 0. The van der Waals surface area contributed by atoms with Crippen molar-refractivity contribution in [3.05, 3.63) is 40.9 Å². The molecule has 3 rings (SSSR count). The smallest absolute Gasteiger partial charge is 0.257 e. The molecule has 1 unspecified atom stereocenters. The van der Waals surface area contributed by atoms with E-state index in [1.807, 2.05) is 12.0 Å². The van der Waals surface area contributed by atoms with Gasteiger partial charge in [-0.05, 0) is 50.7 Å². The molecule has 2 aliphatic heterocycles. The van der Waals surface area contributed by atoms with Gasteiger partial charge in [-0.15, -0.1) is 0 Å². The summed E-state index contributed by atoms with van der Waals surface area (Å²) in [5.74, 6) is 0.0666. The SMILES string of the molecule is CC=C(C1=C(C)C(CC)N(C(=O)c2cn[nH]c2)CC1)N1CCC(OC)CC1. The van der Waals surface area contributed by atoms with Gasteiger partial charge in [-0.25, -0.2) is 0 Å². The van der Waals surface area contributed by atoms with Crippen molar-refractivity contribution in [2.45, 2.75) is 58.6 Å². The zero-order chi connectivity index (χ0) is 19.4. The van der Waals surface area contributed by atoms with E-state index in [-0.39, 0.29) is 11.9 Å². The fourth-order valence-electron chi connectivity index (χ4n) is 4.53. The number of carbonyl (C=O) groups is 1. The van der Waals surface area contributed by atoms with E-state index < -0.39 is 0 Å². The number of amides is 1. The number of nitrogens with one attached hydrogen (secondary N) is 1. The Kier molecular flexibility index (Phi) is 6.37. The number of H-pyrrole nitrogens is 1. The summed E-state index contributed by atoms with van der Waals surface area (Å²) in [5, 5.41) is 6.67. The Labute approximate surface area is 162 Å². The van der Waals surface area contributed by atoms with Crippen LogP contribution in [0.15, 0.2) is 35.3 Å². The Hall–Kier alpha value is -2.08. The molecular weight excluding hydrogens is 340 g/mol. The number of ether oxygens (including phenoxy) is 1. The normalized spacial score (nSPS) is 22.5. The van der Waals surface area contributed by atoms with Gasteiger partial charge in [0.15, 0.2) is 0 Å². The maximum Gasteiger partial charge on any atom is 0.257 e. The third kappa shape index (κ3) is 3.95. The molecule has 0 bridgehead atoms. The van der Waals surface area contributed by atoms with Gasteiger partial charge in [-0.3, -0.25) is 9.89 Å². The summed E-state index contributed by atoms with van der Waals surface area (Å²) in [5.41, 5.74) is 4.72. The molecule has 1 aromatic heterocycles. The van der Waals surface area contributed by atoms with E-state index in [2.05, 4.69) is 41.9 Å². The molecule has 0 radical (unpaired) electrons. The van der Waals surface area contributed by atoms with Gasteiger partial charge in [0.1, 0.15) is 0 Å². The molecule has 1 fully saturated rings. The topological polar surface area (TPSA) is 61.5 Å². The minimum absolute atomic E-state index is 0.0666. The number of aromatic nitrogens is 2. The molecule has 148 valence electrons. The number of carbonyl (C=O) groups excluding carboxylic acids is 1. The number of likely N-dealkylation sites (tertiary alicyclic amines) is 1. The van der Waals surface area contributed by atoms with Crippen molar-refractivity contribution in [3.8, 4) is 0 Å². The lowest BCUT2D eigenvalue weighted by Gasteiger charge is -2.41. The predicted octanol–water partition coefficient (Wildman–Crippen LogP) is 3.37. The van der Waals surface area contributed by atoms with Crippen LogP contribution < -0.4 is 0 Å². The lowest BCUT2D eigenvalue weighted by atomic mass is 9.88. The third-order valence-electron chi connectivity index (χ3n) is 6.05. The van der Waals surface area contributed by atoms with Crippen LogP contribution in [-0.2, 0) is 4.74 Å². The van der Waals surface area contributed by atoms with E-state index >= 15 is 0 Å². The molecule has 0 aliphatic carbocycles. The molecule has 1 N–H and O–H groups in total. The average Bonchev–Trinajstić information content (AvgIpc) is 3.24. The van der Waals surface area contributed by atoms with Crippen LogP contribution >= 0.6 is 0 Å². The number of allylic oxidation sites excluding steroid dienone is 2. The molecule has 0 aromatic carbocycles. The van der Waals surface area contributed by atoms with Crippen molar-refractivity contribution < 1.29 is 9.53 Å². The van der Waals surface area contributed by atoms with Gasteiger partial charge in [-0.2, -0.15) is 5.10 Å². The summed E-state index contributed by atoms with van der Waals surface area (Å²) in [4.78, 5) is 17.4. The first kappa shape index (κ1) is 19.7. The maximum atomic E-state index is 12.9. The number of nitrogens with zero attached hydrogens (tertiary/aromatic N) is 3. The Morgan fingerprint density at radius 2 is 2.11 bits per heavy atom. The Morgan fingerprint density at radius 3 is 2.67 bits per heavy atom. The minimum Gasteiger partial charge on any atom is -0.381 e. The summed E-state index contributed by atoms with van der Waals surface area (Å²) < 4.78 is 5.52. The zero-order valence-electron chi connectivity index (χ0n) is 17.0. The van der Waals surface area contributed by atoms with Crippen LogP contribution in [0.25, 0.3) is 0 Å². The van der Waals surface area contributed by atoms with Gasteiger partial charge in [0.25, 0.3) is 5.91 Å².